The van der Waals surface area contributed by atoms with Crippen LogP contribution in [0, 0.1) is 6.92 Å². The first-order chi connectivity index (χ1) is 10.8. The minimum absolute atomic E-state index is 0.183. The average Bonchev–Trinajstić information content (AvgIpc) is 2.95. The minimum atomic E-state index is 0.183. The molecule has 3 aromatic carbocycles. The van der Waals surface area contributed by atoms with Crippen LogP contribution in [0.2, 0.25) is 0 Å². The first-order valence-electron chi connectivity index (χ1n) is 7.68. The molecule has 0 fully saturated rings. The lowest BCUT2D eigenvalue weighted by Gasteiger charge is -2.35. The second-order valence-corrected chi connectivity index (χ2v) is 6.04. The minimum Gasteiger partial charge on any atom is -0.359 e. The Bertz CT molecular complexity index is 898. The van der Waals surface area contributed by atoms with Gasteiger partial charge in [0.25, 0.3) is 0 Å². The molecule has 22 heavy (non-hydrogen) atoms. The molecule has 0 aromatic heterocycles. The molecule has 0 bridgehead atoms. The summed E-state index contributed by atoms with van der Waals surface area (Å²) >= 11 is 0. The van der Waals surface area contributed by atoms with Crippen molar-refractivity contribution in [2.24, 2.45) is 0 Å². The van der Waals surface area contributed by atoms with E-state index in [-0.39, 0.29) is 6.17 Å². The summed E-state index contributed by atoms with van der Waals surface area (Å²) in [6.07, 6.45) is 0.183. The van der Waals surface area contributed by atoms with Gasteiger partial charge in [0, 0.05) is 11.1 Å². The highest BCUT2D eigenvalue weighted by Gasteiger charge is 2.37. The number of benzene rings is 3. The van der Waals surface area contributed by atoms with Crippen molar-refractivity contribution in [3.8, 4) is 11.1 Å². The third-order valence-corrected chi connectivity index (χ3v) is 4.67. The number of rotatable bonds is 0. The Balaban J connectivity index is 1.86. The van der Waals surface area contributed by atoms with Crippen LogP contribution in [0.25, 0.3) is 11.1 Å². The Morgan fingerprint density at radius 1 is 0.818 bits per heavy atom. The maximum absolute atomic E-state index is 3.68. The molecule has 1 N–H and O–H groups in total. The number of anilines is 3. The van der Waals surface area contributed by atoms with Gasteiger partial charge >= 0.3 is 0 Å². The molecular weight excluding hydrogens is 268 g/mol. The predicted molar refractivity (Wildman–Crippen MR) is 91.6 cm³/mol. The van der Waals surface area contributed by atoms with Gasteiger partial charge in [-0.25, -0.2) is 0 Å². The van der Waals surface area contributed by atoms with Crippen molar-refractivity contribution in [2.75, 3.05) is 10.2 Å². The summed E-state index contributed by atoms with van der Waals surface area (Å²) in [4.78, 5) is 2.43. The molecular formula is C20H16N2. The molecule has 0 amide bonds. The van der Waals surface area contributed by atoms with E-state index in [1.807, 2.05) is 0 Å². The summed E-state index contributed by atoms with van der Waals surface area (Å²) in [6.45, 7) is 2.16. The number of aryl methyl sites for hydroxylation is 1. The predicted octanol–water partition coefficient (Wildman–Crippen LogP) is 5.24. The monoisotopic (exact) mass is 284 g/mol. The molecule has 3 aromatic rings. The zero-order chi connectivity index (χ0) is 14.7. The third-order valence-electron chi connectivity index (χ3n) is 4.67. The molecule has 0 radical (unpaired) electrons. The topological polar surface area (TPSA) is 15.3 Å². The highest BCUT2D eigenvalue weighted by molar-refractivity contribution is 5.94. The van der Waals surface area contributed by atoms with E-state index in [2.05, 4.69) is 83.9 Å². The second kappa shape index (κ2) is 4.14. The van der Waals surface area contributed by atoms with Gasteiger partial charge in [-0.15, -0.1) is 0 Å². The van der Waals surface area contributed by atoms with Gasteiger partial charge in [0.2, 0.25) is 0 Å². The van der Waals surface area contributed by atoms with Gasteiger partial charge in [0.1, 0.15) is 6.17 Å². The lowest BCUT2D eigenvalue weighted by atomic mass is 9.91. The van der Waals surface area contributed by atoms with E-state index in [1.165, 1.54) is 39.3 Å². The van der Waals surface area contributed by atoms with Crippen molar-refractivity contribution in [3.05, 3.63) is 77.9 Å². The normalized spacial score (nSPS) is 17.1. The van der Waals surface area contributed by atoms with Gasteiger partial charge in [-0.05, 0) is 36.2 Å². The molecule has 5 rings (SSSR count). The molecule has 2 aliphatic rings. The van der Waals surface area contributed by atoms with Crippen LogP contribution in [0.1, 0.15) is 17.3 Å². The number of hydrogen-bond acceptors (Lipinski definition) is 2. The molecule has 2 heterocycles. The van der Waals surface area contributed by atoms with Crippen LogP contribution in [0.15, 0.2) is 66.7 Å². The molecule has 0 saturated carbocycles. The van der Waals surface area contributed by atoms with Crippen molar-refractivity contribution in [1.29, 1.82) is 0 Å². The van der Waals surface area contributed by atoms with Crippen molar-refractivity contribution in [2.45, 2.75) is 13.1 Å². The zero-order valence-electron chi connectivity index (χ0n) is 12.4. The summed E-state index contributed by atoms with van der Waals surface area (Å²) < 4.78 is 0. The lowest BCUT2D eigenvalue weighted by Crippen LogP contribution is -2.27. The Morgan fingerprint density at radius 3 is 2.59 bits per heavy atom. The van der Waals surface area contributed by atoms with Gasteiger partial charge in [0.05, 0.1) is 17.1 Å². The first-order valence-corrected chi connectivity index (χ1v) is 7.68. The van der Waals surface area contributed by atoms with Crippen LogP contribution in [0.5, 0.6) is 0 Å². The SMILES string of the molecule is Cc1ccc2c(c1)N1c3ccccc3NC1c1ccccc1-2. The third kappa shape index (κ3) is 1.44. The molecule has 106 valence electrons. The van der Waals surface area contributed by atoms with Gasteiger partial charge in [-0.3, -0.25) is 0 Å². The van der Waals surface area contributed by atoms with Gasteiger partial charge < -0.3 is 10.2 Å². The fourth-order valence-electron chi connectivity index (χ4n) is 3.69. The maximum atomic E-state index is 3.68. The molecule has 1 atom stereocenters. The van der Waals surface area contributed by atoms with Crippen LogP contribution in [-0.4, -0.2) is 0 Å². The first kappa shape index (κ1) is 11.9. The lowest BCUT2D eigenvalue weighted by molar-refractivity contribution is 0.819. The van der Waals surface area contributed by atoms with Crippen molar-refractivity contribution in [3.63, 3.8) is 0 Å². The molecule has 2 nitrogen and oxygen atoms in total. The molecule has 2 aliphatic heterocycles. The largest absolute Gasteiger partial charge is 0.359 e. The number of fused-ring (bicyclic) bond motifs is 8. The number of nitrogens with zero attached hydrogens (tertiary/aromatic N) is 1. The smallest absolute Gasteiger partial charge is 0.131 e. The highest BCUT2D eigenvalue weighted by Crippen LogP contribution is 2.53. The highest BCUT2D eigenvalue weighted by atomic mass is 15.3. The van der Waals surface area contributed by atoms with Crippen LogP contribution in [-0.2, 0) is 0 Å². The van der Waals surface area contributed by atoms with E-state index in [1.54, 1.807) is 0 Å². The Kier molecular flexibility index (Phi) is 2.23. The van der Waals surface area contributed by atoms with Crippen LogP contribution in [0.4, 0.5) is 17.1 Å². The van der Waals surface area contributed by atoms with E-state index in [9.17, 15) is 0 Å². The molecule has 0 saturated heterocycles. The summed E-state index contributed by atoms with van der Waals surface area (Å²) in [6, 6.07) is 24.0. The molecule has 0 aliphatic carbocycles. The fraction of sp³-hybridized carbons (Fsp3) is 0.100. The molecule has 2 heteroatoms. The zero-order valence-corrected chi connectivity index (χ0v) is 12.4. The maximum Gasteiger partial charge on any atom is 0.131 e. The summed E-state index contributed by atoms with van der Waals surface area (Å²) in [5, 5.41) is 3.68. The van der Waals surface area contributed by atoms with E-state index >= 15 is 0 Å². The van der Waals surface area contributed by atoms with Crippen LogP contribution >= 0.6 is 0 Å². The quantitative estimate of drug-likeness (QED) is 0.607. The standard InChI is InChI=1S/C20H16N2/c1-13-10-11-15-14-6-2-3-7-16(14)20-21-17-8-4-5-9-18(17)22(20)19(15)12-13/h2-12,20-21H,1H3. The van der Waals surface area contributed by atoms with E-state index in [0.29, 0.717) is 0 Å². The summed E-state index contributed by atoms with van der Waals surface area (Å²) in [5.74, 6) is 0. The number of nitrogens with one attached hydrogen (secondary N) is 1. The van der Waals surface area contributed by atoms with Crippen molar-refractivity contribution >= 4 is 17.1 Å². The van der Waals surface area contributed by atoms with E-state index in [0.717, 1.165) is 0 Å². The van der Waals surface area contributed by atoms with Gasteiger partial charge in [-0.1, -0.05) is 48.5 Å². The number of hydrogen-bond donors (Lipinski definition) is 1. The summed E-state index contributed by atoms with van der Waals surface area (Å²) in [7, 11) is 0. The molecule has 1 unspecified atom stereocenters. The Hall–Kier alpha value is -2.74. The Labute approximate surface area is 130 Å². The molecule has 0 spiro atoms. The number of para-hydroxylation sites is 2. The van der Waals surface area contributed by atoms with Crippen molar-refractivity contribution in [1.82, 2.24) is 0 Å². The summed E-state index contributed by atoms with van der Waals surface area (Å²) in [5.41, 5.74) is 9.04. The van der Waals surface area contributed by atoms with Crippen LogP contribution < -0.4 is 10.2 Å². The average molecular weight is 284 g/mol. The Morgan fingerprint density at radius 2 is 1.64 bits per heavy atom. The van der Waals surface area contributed by atoms with Gasteiger partial charge in [0.15, 0.2) is 0 Å². The van der Waals surface area contributed by atoms with Crippen LogP contribution in [0.3, 0.4) is 0 Å². The van der Waals surface area contributed by atoms with E-state index < -0.39 is 0 Å². The second-order valence-electron chi connectivity index (χ2n) is 6.04. The van der Waals surface area contributed by atoms with Gasteiger partial charge in [-0.2, -0.15) is 0 Å². The fourth-order valence-corrected chi connectivity index (χ4v) is 3.69. The van der Waals surface area contributed by atoms with E-state index in [4.69, 9.17) is 0 Å². The van der Waals surface area contributed by atoms with Crippen molar-refractivity contribution < 1.29 is 0 Å².